The summed E-state index contributed by atoms with van der Waals surface area (Å²) < 4.78 is 26.2. The summed E-state index contributed by atoms with van der Waals surface area (Å²) in [5.74, 6) is 0.920. The molecule has 0 fully saturated rings. The number of benzene rings is 1. The van der Waals surface area contributed by atoms with Gasteiger partial charge in [-0.1, -0.05) is 12.1 Å². The average molecular weight is 352 g/mol. The Morgan fingerprint density at radius 3 is 2.85 bits per heavy atom. The van der Waals surface area contributed by atoms with Crippen molar-refractivity contribution in [3.63, 3.8) is 0 Å². The van der Waals surface area contributed by atoms with Crippen molar-refractivity contribution in [2.24, 2.45) is 0 Å². The summed E-state index contributed by atoms with van der Waals surface area (Å²) in [6, 6.07) is 13.5. The molecular weight excluding hydrogens is 335 g/mol. The van der Waals surface area contributed by atoms with Gasteiger partial charge >= 0.3 is 0 Å². The number of hydrogen-bond donors (Lipinski definition) is 1. The highest BCUT2D eigenvalue weighted by Crippen LogP contribution is 2.23. The number of nitrogens with one attached hydrogen (secondary N) is 1. The first-order valence-electron chi connectivity index (χ1n) is 8.25. The molecule has 0 spiro atoms. The summed E-state index contributed by atoms with van der Waals surface area (Å²) in [7, 11) is 0. The van der Waals surface area contributed by atoms with Crippen molar-refractivity contribution in [3.05, 3.63) is 83.4 Å². The zero-order valence-corrected chi connectivity index (χ0v) is 14.2. The Hall–Kier alpha value is -3.28. The second-order valence-electron chi connectivity index (χ2n) is 6.11. The topological polar surface area (TPSA) is 60.3 Å². The number of halogens is 1. The quantitative estimate of drug-likeness (QED) is 0.584. The normalized spacial score (nSPS) is 11.2. The van der Waals surface area contributed by atoms with Crippen LogP contribution in [-0.2, 0) is 13.1 Å². The zero-order chi connectivity index (χ0) is 18.1. The molecule has 0 radical (unpaired) electrons. The van der Waals surface area contributed by atoms with E-state index in [9.17, 15) is 9.18 Å². The first kappa shape index (κ1) is 16.2. The summed E-state index contributed by atoms with van der Waals surface area (Å²) >= 11 is 0. The zero-order valence-electron chi connectivity index (χ0n) is 14.2. The van der Waals surface area contributed by atoms with Gasteiger partial charge in [-0.05, 0) is 36.8 Å². The predicted octanol–water partition coefficient (Wildman–Crippen LogP) is 4.25. The summed E-state index contributed by atoms with van der Waals surface area (Å²) in [5, 5.41) is 2.85. The number of rotatable bonds is 5. The van der Waals surface area contributed by atoms with Gasteiger partial charge in [0, 0.05) is 18.7 Å². The van der Waals surface area contributed by atoms with Crippen LogP contribution in [0.15, 0.2) is 63.6 Å². The van der Waals surface area contributed by atoms with E-state index in [-0.39, 0.29) is 11.7 Å². The highest BCUT2D eigenvalue weighted by molar-refractivity contribution is 5.97. The number of aromatic nitrogens is 1. The van der Waals surface area contributed by atoms with Crippen LogP contribution in [0.4, 0.5) is 4.39 Å². The lowest BCUT2D eigenvalue weighted by atomic mass is 10.2. The van der Waals surface area contributed by atoms with Crippen LogP contribution in [-0.4, -0.2) is 10.5 Å². The number of furan rings is 2. The summed E-state index contributed by atoms with van der Waals surface area (Å²) in [6.45, 7) is 2.51. The SMILES string of the molecule is Cc1ccc(CNC(=O)c2cc3occc3n2Cc2cccc(F)c2)o1. The van der Waals surface area contributed by atoms with E-state index in [0.717, 1.165) is 16.8 Å². The Kier molecular flexibility index (Phi) is 4.08. The minimum atomic E-state index is -0.308. The third-order valence-corrected chi connectivity index (χ3v) is 4.20. The maximum atomic E-state index is 13.5. The van der Waals surface area contributed by atoms with E-state index < -0.39 is 0 Å². The standard InChI is InChI=1S/C20H17FN2O3/c1-13-5-6-16(26-13)11-22-20(24)18-10-19-17(7-8-25-19)23(18)12-14-3-2-4-15(21)9-14/h2-10H,11-12H2,1H3,(H,22,24). The molecule has 6 heteroatoms. The average Bonchev–Trinajstić information content (AvgIpc) is 3.30. The third-order valence-electron chi connectivity index (χ3n) is 4.20. The van der Waals surface area contributed by atoms with Gasteiger partial charge < -0.3 is 18.7 Å². The second-order valence-corrected chi connectivity index (χ2v) is 6.11. The van der Waals surface area contributed by atoms with Crippen LogP contribution in [0.2, 0.25) is 0 Å². The molecule has 26 heavy (non-hydrogen) atoms. The Morgan fingerprint density at radius 2 is 2.08 bits per heavy atom. The van der Waals surface area contributed by atoms with Gasteiger partial charge in [-0.3, -0.25) is 4.79 Å². The molecule has 0 aliphatic heterocycles. The van der Waals surface area contributed by atoms with E-state index in [1.54, 1.807) is 24.5 Å². The van der Waals surface area contributed by atoms with Crippen LogP contribution >= 0.6 is 0 Å². The molecule has 0 unspecified atom stereocenters. The van der Waals surface area contributed by atoms with Gasteiger partial charge in [-0.25, -0.2) is 4.39 Å². The van der Waals surface area contributed by atoms with Crippen molar-refractivity contribution in [2.75, 3.05) is 0 Å². The van der Waals surface area contributed by atoms with Gasteiger partial charge in [0.05, 0.1) is 18.3 Å². The van der Waals surface area contributed by atoms with Crippen molar-refractivity contribution < 1.29 is 18.0 Å². The van der Waals surface area contributed by atoms with Gasteiger partial charge in [0.15, 0.2) is 5.58 Å². The fourth-order valence-electron chi connectivity index (χ4n) is 2.99. The third kappa shape index (κ3) is 3.13. The molecular formula is C20H17FN2O3. The molecule has 1 N–H and O–H groups in total. The lowest BCUT2D eigenvalue weighted by Crippen LogP contribution is -2.25. The number of amides is 1. The van der Waals surface area contributed by atoms with Crippen LogP contribution in [0.1, 0.15) is 27.6 Å². The smallest absolute Gasteiger partial charge is 0.268 e. The van der Waals surface area contributed by atoms with Gasteiger partial charge in [0.1, 0.15) is 23.0 Å². The highest BCUT2D eigenvalue weighted by atomic mass is 19.1. The fourth-order valence-corrected chi connectivity index (χ4v) is 2.99. The fraction of sp³-hybridized carbons (Fsp3) is 0.150. The molecule has 0 atom stereocenters. The second kappa shape index (κ2) is 6.55. The molecule has 3 aromatic heterocycles. The highest BCUT2D eigenvalue weighted by Gasteiger charge is 2.18. The lowest BCUT2D eigenvalue weighted by molar-refractivity contribution is 0.0939. The first-order chi connectivity index (χ1) is 12.6. The van der Waals surface area contributed by atoms with Crippen LogP contribution in [0.3, 0.4) is 0 Å². The molecule has 132 valence electrons. The molecule has 0 saturated carbocycles. The van der Waals surface area contributed by atoms with Crippen LogP contribution in [0.5, 0.6) is 0 Å². The molecule has 0 aliphatic rings. The van der Waals surface area contributed by atoms with E-state index in [2.05, 4.69) is 5.32 Å². The molecule has 0 bridgehead atoms. The first-order valence-corrected chi connectivity index (χ1v) is 8.25. The number of carbonyl (C=O) groups is 1. The van der Waals surface area contributed by atoms with Crippen LogP contribution in [0.25, 0.3) is 11.1 Å². The molecule has 5 nitrogen and oxygen atoms in total. The van der Waals surface area contributed by atoms with Crippen molar-refractivity contribution in [1.82, 2.24) is 9.88 Å². The van der Waals surface area contributed by atoms with E-state index in [1.165, 1.54) is 12.1 Å². The minimum Gasteiger partial charge on any atom is -0.465 e. The minimum absolute atomic E-state index is 0.248. The van der Waals surface area contributed by atoms with E-state index in [1.807, 2.05) is 29.7 Å². The Balaban J connectivity index is 1.61. The number of hydrogen-bond acceptors (Lipinski definition) is 3. The van der Waals surface area contributed by atoms with Crippen LogP contribution in [0, 0.1) is 12.7 Å². The maximum absolute atomic E-state index is 13.5. The van der Waals surface area contributed by atoms with E-state index in [4.69, 9.17) is 8.83 Å². The molecule has 1 amide bonds. The Bertz CT molecular complexity index is 1070. The monoisotopic (exact) mass is 352 g/mol. The number of carbonyl (C=O) groups excluding carboxylic acids is 1. The van der Waals surface area contributed by atoms with Gasteiger partial charge in [-0.2, -0.15) is 0 Å². The van der Waals surface area contributed by atoms with Crippen LogP contribution < -0.4 is 5.32 Å². The summed E-state index contributed by atoms with van der Waals surface area (Å²) in [5.41, 5.74) is 2.61. The maximum Gasteiger partial charge on any atom is 0.268 e. The van der Waals surface area contributed by atoms with Crippen molar-refractivity contribution in [1.29, 1.82) is 0 Å². The van der Waals surface area contributed by atoms with E-state index >= 15 is 0 Å². The van der Waals surface area contributed by atoms with Crippen molar-refractivity contribution in [3.8, 4) is 0 Å². The molecule has 3 heterocycles. The Morgan fingerprint density at radius 1 is 1.19 bits per heavy atom. The predicted molar refractivity (Wildman–Crippen MR) is 94.3 cm³/mol. The summed E-state index contributed by atoms with van der Waals surface area (Å²) in [6.07, 6.45) is 1.57. The number of fused-ring (bicyclic) bond motifs is 1. The number of nitrogens with zero attached hydrogens (tertiary/aromatic N) is 1. The van der Waals surface area contributed by atoms with Gasteiger partial charge in [-0.15, -0.1) is 0 Å². The van der Waals surface area contributed by atoms with Crippen molar-refractivity contribution in [2.45, 2.75) is 20.0 Å². The largest absolute Gasteiger partial charge is 0.465 e. The lowest BCUT2D eigenvalue weighted by Gasteiger charge is -2.10. The van der Waals surface area contributed by atoms with E-state index in [0.29, 0.717) is 30.1 Å². The number of aryl methyl sites for hydroxylation is 1. The van der Waals surface area contributed by atoms with Gasteiger partial charge in [0.2, 0.25) is 0 Å². The molecule has 4 rings (SSSR count). The molecule has 1 aromatic carbocycles. The molecule has 0 aliphatic carbocycles. The molecule has 4 aromatic rings. The Labute approximate surface area is 149 Å². The summed E-state index contributed by atoms with van der Waals surface area (Å²) in [4.78, 5) is 12.7. The molecule has 0 saturated heterocycles. The van der Waals surface area contributed by atoms with Gasteiger partial charge in [0.25, 0.3) is 5.91 Å². The van der Waals surface area contributed by atoms with Crippen molar-refractivity contribution >= 4 is 17.0 Å².